The van der Waals surface area contributed by atoms with Gasteiger partial charge in [0.05, 0.1) is 36.6 Å². The van der Waals surface area contributed by atoms with E-state index < -0.39 is 18.1 Å². The lowest BCUT2D eigenvalue weighted by molar-refractivity contribution is -0.247. The second kappa shape index (κ2) is 17.4. The maximum absolute atomic E-state index is 12.6. The molecule has 1 fully saturated rings. The number of aliphatic hydroxyl groups excluding tert-OH is 2. The fourth-order valence-electron chi connectivity index (χ4n) is 6.03. The van der Waals surface area contributed by atoms with Crippen LogP contribution < -0.4 is 0 Å². The Bertz CT molecular complexity index is 794. The van der Waals surface area contributed by atoms with Crippen molar-refractivity contribution in [1.82, 2.24) is 4.90 Å². The SMILES string of the molecule is CCC(O)[C@H](O)[C@@H](C)C(=N)[C@H](C)CC(C)(CC)[C@@H](C[C@H](O[C@H](C)CC)C(C)C(C)=O)OC1CC(N(C)C)CC(C)O1. The lowest BCUT2D eigenvalue weighted by Crippen LogP contribution is -2.48. The molecule has 1 saturated heterocycles. The largest absolute Gasteiger partial charge is 0.390 e. The Morgan fingerprint density at radius 2 is 1.68 bits per heavy atom. The van der Waals surface area contributed by atoms with Crippen LogP contribution in [0.5, 0.6) is 0 Å². The van der Waals surface area contributed by atoms with Gasteiger partial charge in [-0.2, -0.15) is 0 Å². The maximum atomic E-state index is 12.6. The predicted octanol–water partition coefficient (Wildman–Crippen LogP) is 5.86. The third-order valence-electron chi connectivity index (χ3n) is 9.83. The molecule has 0 aromatic carbocycles. The average molecular weight is 585 g/mol. The molecule has 1 heterocycles. The van der Waals surface area contributed by atoms with Gasteiger partial charge in [0.15, 0.2) is 6.29 Å². The van der Waals surface area contributed by atoms with E-state index in [2.05, 4.69) is 46.7 Å². The molecule has 242 valence electrons. The summed E-state index contributed by atoms with van der Waals surface area (Å²) in [6.07, 6.45) is 2.29. The predicted molar refractivity (Wildman–Crippen MR) is 166 cm³/mol. The van der Waals surface area contributed by atoms with Crippen LogP contribution in [-0.2, 0) is 19.0 Å². The molecule has 41 heavy (non-hydrogen) atoms. The molecule has 0 bridgehead atoms. The van der Waals surface area contributed by atoms with Gasteiger partial charge in [0, 0.05) is 36.4 Å². The third-order valence-corrected chi connectivity index (χ3v) is 9.83. The number of carbonyl (C=O) groups is 1. The molecule has 0 aliphatic carbocycles. The van der Waals surface area contributed by atoms with Gasteiger partial charge in [-0.3, -0.25) is 4.79 Å². The highest BCUT2D eigenvalue weighted by Gasteiger charge is 2.43. The van der Waals surface area contributed by atoms with Gasteiger partial charge >= 0.3 is 0 Å². The molecule has 1 aliphatic heterocycles. The van der Waals surface area contributed by atoms with Crippen molar-refractivity contribution >= 4 is 11.5 Å². The van der Waals surface area contributed by atoms with E-state index in [1.165, 1.54) is 0 Å². The van der Waals surface area contributed by atoms with Crippen LogP contribution >= 0.6 is 0 Å². The molecule has 0 aromatic heterocycles. The Labute approximate surface area is 251 Å². The number of hydrogen-bond acceptors (Lipinski definition) is 8. The normalized spacial score (nSPS) is 27.2. The summed E-state index contributed by atoms with van der Waals surface area (Å²) >= 11 is 0. The van der Waals surface area contributed by atoms with Crippen LogP contribution in [0.4, 0.5) is 0 Å². The van der Waals surface area contributed by atoms with Gasteiger partial charge in [-0.25, -0.2) is 0 Å². The second-order valence-corrected chi connectivity index (χ2v) is 13.4. The monoisotopic (exact) mass is 584 g/mol. The number of ketones is 1. The summed E-state index contributed by atoms with van der Waals surface area (Å²) in [5, 5.41) is 29.8. The van der Waals surface area contributed by atoms with Gasteiger partial charge in [-0.05, 0) is 78.3 Å². The van der Waals surface area contributed by atoms with E-state index in [4.69, 9.17) is 19.6 Å². The number of hydrogen-bond donors (Lipinski definition) is 3. The molecule has 8 heteroatoms. The molecule has 1 rings (SSSR count). The summed E-state index contributed by atoms with van der Waals surface area (Å²) < 4.78 is 19.7. The highest BCUT2D eigenvalue weighted by molar-refractivity contribution is 5.86. The van der Waals surface area contributed by atoms with Crippen molar-refractivity contribution in [2.24, 2.45) is 23.2 Å². The third kappa shape index (κ3) is 11.3. The van der Waals surface area contributed by atoms with Crippen molar-refractivity contribution < 1.29 is 29.2 Å². The lowest BCUT2D eigenvalue weighted by Gasteiger charge is -2.45. The lowest BCUT2D eigenvalue weighted by atomic mass is 9.70. The van der Waals surface area contributed by atoms with E-state index in [1.54, 1.807) is 6.92 Å². The molecule has 0 saturated carbocycles. The first-order chi connectivity index (χ1) is 19.0. The van der Waals surface area contributed by atoms with Crippen LogP contribution in [0, 0.1) is 28.6 Å². The van der Waals surface area contributed by atoms with Gasteiger partial charge in [0.1, 0.15) is 5.78 Å². The molecule has 8 nitrogen and oxygen atoms in total. The number of nitrogens with zero attached hydrogens (tertiary/aromatic N) is 1. The highest BCUT2D eigenvalue weighted by atomic mass is 16.7. The summed E-state index contributed by atoms with van der Waals surface area (Å²) in [6, 6.07) is 0.347. The second-order valence-electron chi connectivity index (χ2n) is 13.4. The van der Waals surface area contributed by atoms with Crippen molar-refractivity contribution in [1.29, 1.82) is 5.41 Å². The standard InChI is InChI=1S/C33H64N2O6/c1-13-21(5)39-28(23(7)25(9)36)18-29(41-30-17-26(35(11)12)16-22(6)40-30)33(10,15-3)19-20(4)31(34)24(8)32(38)27(37)14-2/h20-24,26-30,32,34,37-38H,13-19H2,1-12H3/t20-,21-,22?,23?,24+,26?,27?,28+,29-,30?,32-,33?/m1/s1. The fraction of sp³-hybridized carbons (Fsp3) is 0.939. The quantitative estimate of drug-likeness (QED) is 0.163. The van der Waals surface area contributed by atoms with E-state index in [0.29, 0.717) is 31.0 Å². The zero-order chi connectivity index (χ0) is 31.7. The molecule has 0 amide bonds. The molecule has 12 atom stereocenters. The van der Waals surface area contributed by atoms with E-state index in [9.17, 15) is 15.0 Å². The Balaban J connectivity index is 3.39. The Morgan fingerprint density at radius 3 is 2.17 bits per heavy atom. The molecule has 0 spiro atoms. The van der Waals surface area contributed by atoms with Gasteiger partial charge in [0.25, 0.3) is 0 Å². The van der Waals surface area contributed by atoms with E-state index in [-0.39, 0.29) is 53.7 Å². The van der Waals surface area contributed by atoms with Crippen LogP contribution in [0.15, 0.2) is 0 Å². The molecular formula is C33H64N2O6. The number of carbonyl (C=O) groups excluding carboxylic acids is 1. The molecular weight excluding hydrogens is 520 g/mol. The summed E-state index contributed by atoms with van der Waals surface area (Å²) in [4.78, 5) is 14.8. The van der Waals surface area contributed by atoms with Crippen LogP contribution in [0.3, 0.4) is 0 Å². The van der Waals surface area contributed by atoms with Gasteiger partial charge in [-0.15, -0.1) is 0 Å². The van der Waals surface area contributed by atoms with Crippen LogP contribution in [-0.4, -0.2) is 89.7 Å². The molecule has 6 unspecified atom stereocenters. The van der Waals surface area contributed by atoms with Crippen molar-refractivity contribution in [2.75, 3.05) is 14.1 Å². The van der Waals surface area contributed by atoms with Gasteiger partial charge in [-0.1, -0.05) is 48.5 Å². The summed E-state index contributed by atoms with van der Waals surface area (Å²) in [5.41, 5.74) is 0.0773. The van der Waals surface area contributed by atoms with Crippen LogP contribution in [0.25, 0.3) is 0 Å². The van der Waals surface area contributed by atoms with E-state index in [0.717, 1.165) is 25.7 Å². The summed E-state index contributed by atoms with van der Waals surface area (Å²) in [7, 11) is 4.19. The number of aliphatic hydroxyl groups is 2. The first-order valence-corrected chi connectivity index (χ1v) is 16.1. The van der Waals surface area contributed by atoms with Gasteiger partial charge in [0.2, 0.25) is 0 Å². The number of rotatable bonds is 19. The maximum Gasteiger partial charge on any atom is 0.159 e. The minimum absolute atomic E-state index is 0.0128. The summed E-state index contributed by atoms with van der Waals surface area (Å²) in [5.74, 6) is -0.779. The van der Waals surface area contributed by atoms with Gasteiger partial charge < -0.3 is 34.7 Å². The zero-order valence-corrected chi connectivity index (χ0v) is 28.3. The van der Waals surface area contributed by atoms with Crippen molar-refractivity contribution in [3.8, 4) is 0 Å². The van der Waals surface area contributed by atoms with Crippen molar-refractivity contribution in [3.63, 3.8) is 0 Å². The first kappa shape index (κ1) is 38.1. The van der Waals surface area contributed by atoms with Crippen molar-refractivity contribution in [2.45, 2.75) is 163 Å². The van der Waals surface area contributed by atoms with Crippen LogP contribution in [0.1, 0.15) is 114 Å². The highest BCUT2D eigenvalue weighted by Crippen LogP contribution is 2.41. The van der Waals surface area contributed by atoms with E-state index in [1.807, 2.05) is 34.6 Å². The van der Waals surface area contributed by atoms with Crippen LogP contribution in [0.2, 0.25) is 0 Å². The smallest absolute Gasteiger partial charge is 0.159 e. The minimum Gasteiger partial charge on any atom is -0.390 e. The Hall–Kier alpha value is -0.900. The average Bonchev–Trinajstić information content (AvgIpc) is 2.93. The zero-order valence-electron chi connectivity index (χ0n) is 28.3. The minimum atomic E-state index is -0.972. The summed E-state index contributed by atoms with van der Waals surface area (Å²) in [6.45, 7) is 19.8. The molecule has 3 N–H and O–H groups in total. The number of Topliss-reactive ketones (excluding diaryl/α,β-unsaturated/α-hetero) is 1. The Kier molecular flexibility index (Phi) is 16.2. The Morgan fingerprint density at radius 1 is 1.07 bits per heavy atom. The molecule has 0 radical (unpaired) electrons. The first-order valence-electron chi connectivity index (χ1n) is 16.1. The number of ether oxygens (including phenoxy) is 3. The fourth-order valence-corrected chi connectivity index (χ4v) is 6.03. The topological polar surface area (TPSA) is 112 Å². The van der Waals surface area contributed by atoms with Crippen molar-refractivity contribution in [3.05, 3.63) is 0 Å². The molecule has 0 aromatic rings. The van der Waals surface area contributed by atoms with E-state index >= 15 is 0 Å². The number of nitrogens with one attached hydrogen (secondary N) is 1. The molecule has 1 aliphatic rings.